The Morgan fingerprint density at radius 2 is 0.700 bits per heavy atom. The molecule has 4 N–H and O–H groups in total. The van der Waals surface area contributed by atoms with Crippen LogP contribution in [0.1, 0.15) is 0 Å². The molecule has 7 aromatic rings. The summed E-state index contributed by atoms with van der Waals surface area (Å²) in [6.07, 6.45) is 0. The molecule has 0 radical (unpaired) electrons. The summed E-state index contributed by atoms with van der Waals surface area (Å²) in [5.74, 6) is 2.93. The van der Waals surface area contributed by atoms with E-state index in [1.165, 1.54) is 0 Å². The van der Waals surface area contributed by atoms with E-state index in [2.05, 4.69) is 9.97 Å². The van der Waals surface area contributed by atoms with E-state index < -0.39 is 0 Å². The lowest BCUT2D eigenvalue weighted by Gasteiger charge is -2.12. The summed E-state index contributed by atoms with van der Waals surface area (Å²) in [7, 11) is 0. The molecule has 3 aromatic heterocycles. The van der Waals surface area contributed by atoms with Gasteiger partial charge in [-0.05, 0) is 12.1 Å². The average molecular weight is 811 g/mol. The predicted octanol–water partition coefficient (Wildman–Crippen LogP) is 5.68. The normalized spacial score (nSPS) is 11.9. The smallest absolute Gasteiger partial charge is 0.164 e. The molecular weight excluding hydrogens is 769 g/mol. The fraction of sp³-hybridized carbons (Fsp3) is 0.273. The van der Waals surface area contributed by atoms with Gasteiger partial charge in [-0.2, -0.15) is 0 Å². The Balaban J connectivity index is 1.24. The monoisotopic (exact) mass is 810 g/mol. The minimum Gasteiger partial charge on any atom is -0.490 e. The van der Waals surface area contributed by atoms with Crippen LogP contribution in [0.5, 0.6) is 11.5 Å². The van der Waals surface area contributed by atoms with Gasteiger partial charge in [0.25, 0.3) is 0 Å². The van der Waals surface area contributed by atoms with E-state index in [0.29, 0.717) is 108 Å². The van der Waals surface area contributed by atoms with Crippen molar-refractivity contribution in [1.29, 1.82) is 0 Å². The number of hydrogen-bond donors (Lipinski definition) is 4. The lowest BCUT2D eigenvalue weighted by molar-refractivity contribution is 0.0246. The third kappa shape index (κ3) is 8.11. The number of nitrogens with zero attached hydrogens (tertiary/aromatic N) is 6. The topological polar surface area (TPSA) is 205 Å². The fourth-order valence-corrected chi connectivity index (χ4v) is 7.15. The first kappa shape index (κ1) is 39.1. The SMILES string of the molecule is OCCOCCOCCOc1ccc(OCCOCCOCCO)c2c3nc4nc(nc5[nH]c(nc6nc(nc([nH]3)c12)-c1ccccc1-6)c1ccccc51)-c1ccccc1-4. The number of ether oxygens (including phenoxy) is 6. The van der Waals surface area contributed by atoms with E-state index in [1.807, 2.05) is 84.9 Å². The van der Waals surface area contributed by atoms with Crippen LogP contribution in [0.2, 0.25) is 0 Å². The van der Waals surface area contributed by atoms with Crippen molar-refractivity contribution in [2.75, 3.05) is 79.3 Å². The van der Waals surface area contributed by atoms with E-state index in [-0.39, 0.29) is 39.6 Å². The van der Waals surface area contributed by atoms with Crippen LogP contribution >= 0.6 is 0 Å². The lowest BCUT2D eigenvalue weighted by Crippen LogP contribution is -2.12. The third-order valence-corrected chi connectivity index (χ3v) is 9.81. The average Bonchev–Trinajstić information content (AvgIpc) is 4.02. The van der Waals surface area contributed by atoms with Crippen molar-refractivity contribution in [2.24, 2.45) is 0 Å². The number of fused-ring (bicyclic) bond motifs is 20. The number of aliphatic hydroxyl groups is 2. The molecule has 0 aliphatic carbocycles. The van der Waals surface area contributed by atoms with Crippen LogP contribution in [0.4, 0.5) is 0 Å². The molecule has 9 rings (SSSR count). The Hall–Kier alpha value is -6.40. The Morgan fingerprint density at radius 3 is 1.10 bits per heavy atom. The van der Waals surface area contributed by atoms with Gasteiger partial charge in [0.15, 0.2) is 23.3 Å². The van der Waals surface area contributed by atoms with Crippen molar-refractivity contribution in [3.05, 3.63) is 84.9 Å². The van der Waals surface area contributed by atoms with Gasteiger partial charge in [0.05, 0.1) is 76.8 Å². The molecule has 0 saturated carbocycles. The highest BCUT2D eigenvalue weighted by molar-refractivity contribution is 6.12. The number of nitrogens with one attached hydrogen (secondary N) is 2. The molecule has 2 aliphatic heterocycles. The molecule has 16 heteroatoms. The van der Waals surface area contributed by atoms with Crippen LogP contribution in [0.3, 0.4) is 0 Å². The number of rotatable bonds is 18. The maximum Gasteiger partial charge on any atom is 0.164 e. The highest BCUT2D eigenvalue weighted by atomic mass is 16.6. The van der Waals surface area contributed by atoms with E-state index in [4.69, 9.17) is 68.5 Å². The van der Waals surface area contributed by atoms with Crippen molar-refractivity contribution >= 4 is 44.1 Å². The molecule has 5 heterocycles. The van der Waals surface area contributed by atoms with Crippen LogP contribution in [0, 0.1) is 0 Å². The summed E-state index contributed by atoms with van der Waals surface area (Å²) in [5.41, 5.74) is 5.37. The van der Waals surface area contributed by atoms with Gasteiger partial charge in [0, 0.05) is 33.0 Å². The van der Waals surface area contributed by atoms with E-state index in [1.54, 1.807) is 0 Å². The molecule has 0 amide bonds. The minimum atomic E-state index is -0.0456. The number of aromatic amines is 2. The number of benzene rings is 4. The van der Waals surface area contributed by atoms with Gasteiger partial charge < -0.3 is 48.6 Å². The Morgan fingerprint density at radius 1 is 0.367 bits per heavy atom. The van der Waals surface area contributed by atoms with Crippen molar-refractivity contribution in [3.63, 3.8) is 0 Å². The zero-order valence-corrected chi connectivity index (χ0v) is 32.6. The lowest BCUT2D eigenvalue weighted by atomic mass is 10.1. The number of aliphatic hydroxyl groups excluding tert-OH is 2. The number of H-pyrrole nitrogens is 2. The summed E-state index contributed by atoms with van der Waals surface area (Å²) in [5, 5.41) is 21.0. The standard InChI is InChI=1S/C44H42N8O8/c53-15-17-55-19-21-57-23-25-59-33-13-14-34(60-26-24-58-22-20-56-18-16-54)36-35(33)43-50-41-31-11-5-3-9-29(31)39(48-41)46-37-27-7-1-2-8-28(27)38(45-37)47-40-30-10-4-6-12-32(30)42(49-40)51-44(36)52-43/h1-14,53-54H,15-26H2,(H2,45,46,47,48,49,50,51,52). The van der Waals surface area contributed by atoms with Gasteiger partial charge >= 0.3 is 0 Å². The molecule has 306 valence electrons. The Labute approximate surface area is 343 Å². The molecular formula is C44H42N8O8. The molecule has 60 heavy (non-hydrogen) atoms. The van der Waals surface area contributed by atoms with Gasteiger partial charge in [-0.25, -0.2) is 29.9 Å². The fourth-order valence-electron chi connectivity index (χ4n) is 7.15. The first-order valence-corrected chi connectivity index (χ1v) is 19.8. The van der Waals surface area contributed by atoms with E-state index in [0.717, 1.165) is 33.0 Å². The summed E-state index contributed by atoms with van der Waals surface area (Å²) in [6, 6.07) is 27.4. The molecule has 0 saturated heterocycles. The molecule has 0 fully saturated rings. The second-order valence-corrected chi connectivity index (χ2v) is 13.7. The summed E-state index contributed by atoms with van der Waals surface area (Å²) < 4.78 is 34.9. The van der Waals surface area contributed by atoms with Crippen LogP contribution in [-0.4, -0.2) is 129 Å². The van der Waals surface area contributed by atoms with E-state index in [9.17, 15) is 0 Å². The van der Waals surface area contributed by atoms with E-state index >= 15 is 0 Å². The van der Waals surface area contributed by atoms with Crippen LogP contribution < -0.4 is 9.47 Å². The van der Waals surface area contributed by atoms with Crippen molar-refractivity contribution in [3.8, 4) is 57.1 Å². The minimum absolute atomic E-state index is 0.0456. The van der Waals surface area contributed by atoms with Crippen molar-refractivity contribution in [1.82, 2.24) is 39.9 Å². The van der Waals surface area contributed by atoms with Gasteiger partial charge in [-0.1, -0.05) is 72.8 Å². The van der Waals surface area contributed by atoms with Crippen molar-refractivity contribution < 1.29 is 38.6 Å². The molecule has 4 aromatic carbocycles. The first-order chi connectivity index (χ1) is 29.7. The largest absolute Gasteiger partial charge is 0.490 e. The zero-order chi connectivity index (χ0) is 40.7. The zero-order valence-electron chi connectivity index (χ0n) is 32.6. The maximum absolute atomic E-state index is 8.99. The second kappa shape index (κ2) is 18.3. The van der Waals surface area contributed by atoms with Crippen LogP contribution in [0.25, 0.3) is 89.7 Å². The van der Waals surface area contributed by atoms with Crippen LogP contribution in [-0.2, 0) is 18.9 Å². The summed E-state index contributed by atoms with van der Waals surface area (Å²) >= 11 is 0. The highest BCUT2D eigenvalue weighted by Gasteiger charge is 2.24. The number of aromatic nitrogens is 8. The molecule has 8 bridgehead atoms. The van der Waals surface area contributed by atoms with Crippen molar-refractivity contribution in [2.45, 2.75) is 0 Å². The number of hydrogen-bond acceptors (Lipinski definition) is 14. The van der Waals surface area contributed by atoms with Gasteiger partial charge in [-0.3, -0.25) is 0 Å². The predicted molar refractivity (Wildman–Crippen MR) is 224 cm³/mol. The highest BCUT2D eigenvalue weighted by Crippen LogP contribution is 2.41. The van der Waals surface area contributed by atoms with Gasteiger partial charge in [0.1, 0.15) is 47.3 Å². The van der Waals surface area contributed by atoms with Crippen LogP contribution in [0.15, 0.2) is 84.9 Å². The summed E-state index contributed by atoms with van der Waals surface area (Å²) in [6.45, 7) is 2.88. The summed E-state index contributed by atoms with van der Waals surface area (Å²) in [4.78, 5) is 37.5. The second-order valence-electron chi connectivity index (χ2n) is 13.7. The van der Waals surface area contributed by atoms with Gasteiger partial charge in [-0.15, -0.1) is 0 Å². The van der Waals surface area contributed by atoms with Gasteiger partial charge in [0.2, 0.25) is 0 Å². The Kier molecular flexibility index (Phi) is 11.9. The first-order valence-electron chi connectivity index (χ1n) is 19.8. The molecule has 0 unspecified atom stereocenters. The molecule has 0 spiro atoms. The molecule has 2 aliphatic rings. The molecule has 16 nitrogen and oxygen atoms in total. The Bertz CT molecular complexity index is 2630. The quantitative estimate of drug-likeness (QED) is 0.0771. The maximum atomic E-state index is 8.99. The molecule has 0 atom stereocenters. The third-order valence-electron chi connectivity index (χ3n) is 9.81.